The van der Waals surface area contributed by atoms with Crippen LogP contribution in [0.15, 0.2) is 24.3 Å². The number of benzene rings is 1. The van der Waals surface area contributed by atoms with E-state index in [0.29, 0.717) is 0 Å². The Balaban J connectivity index is 2.23. The van der Waals surface area contributed by atoms with Crippen molar-refractivity contribution in [3.05, 3.63) is 29.8 Å². The second-order valence-electron chi connectivity index (χ2n) is 7.29. The van der Waals surface area contributed by atoms with Gasteiger partial charge in [0.25, 0.3) is 0 Å². The van der Waals surface area contributed by atoms with Crippen LogP contribution in [0.2, 0.25) is 0 Å². The summed E-state index contributed by atoms with van der Waals surface area (Å²) >= 11 is 0. The Morgan fingerprint density at radius 2 is 2.09 bits per heavy atom. The zero-order valence-electron chi connectivity index (χ0n) is 15.1. The molecule has 0 aliphatic carbocycles. The fraction of sp³-hybridized carbons (Fsp3) is 0.632. The maximum Gasteiger partial charge on any atom is 0.410 e. The van der Waals surface area contributed by atoms with E-state index in [9.17, 15) is 4.79 Å². The molecular formula is C19H30N2O2. The van der Waals surface area contributed by atoms with Crippen molar-refractivity contribution in [2.45, 2.75) is 58.6 Å². The van der Waals surface area contributed by atoms with Crippen molar-refractivity contribution in [3.63, 3.8) is 0 Å². The number of carbonyl (C=O) groups is 1. The van der Waals surface area contributed by atoms with Crippen LogP contribution < -0.4 is 4.90 Å². The molecule has 1 saturated heterocycles. The van der Waals surface area contributed by atoms with E-state index in [-0.39, 0.29) is 12.1 Å². The lowest BCUT2D eigenvalue weighted by molar-refractivity contribution is 0.00952. The quantitative estimate of drug-likeness (QED) is 0.816. The molecular weight excluding hydrogens is 288 g/mol. The Hall–Kier alpha value is -1.71. The zero-order chi connectivity index (χ0) is 17.0. The fourth-order valence-corrected chi connectivity index (χ4v) is 2.97. The number of rotatable bonds is 3. The molecule has 1 unspecified atom stereocenters. The van der Waals surface area contributed by atoms with Crippen molar-refractivity contribution in [3.8, 4) is 0 Å². The third-order valence-corrected chi connectivity index (χ3v) is 4.30. The van der Waals surface area contributed by atoms with Gasteiger partial charge in [0.05, 0.1) is 6.04 Å². The lowest BCUT2D eigenvalue weighted by atomic mass is 9.95. The highest BCUT2D eigenvalue weighted by molar-refractivity contribution is 5.69. The average molecular weight is 318 g/mol. The van der Waals surface area contributed by atoms with E-state index in [1.807, 2.05) is 25.7 Å². The highest BCUT2D eigenvalue weighted by atomic mass is 16.6. The van der Waals surface area contributed by atoms with Crippen LogP contribution in [0.5, 0.6) is 0 Å². The molecule has 2 rings (SSSR count). The highest BCUT2D eigenvalue weighted by Gasteiger charge is 2.31. The van der Waals surface area contributed by atoms with Crippen LogP contribution in [0.1, 0.15) is 58.6 Å². The number of hydrogen-bond donors (Lipinski definition) is 0. The second-order valence-corrected chi connectivity index (χ2v) is 7.29. The van der Waals surface area contributed by atoms with Gasteiger partial charge in [-0.3, -0.25) is 0 Å². The molecule has 1 heterocycles. The largest absolute Gasteiger partial charge is 0.444 e. The zero-order valence-corrected chi connectivity index (χ0v) is 15.1. The van der Waals surface area contributed by atoms with E-state index in [2.05, 4.69) is 43.1 Å². The van der Waals surface area contributed by atoms with Gasteiger partial charge in [0, 0.05) is 25.8 Å². The minimum atomic E-state index is -0.455. The summed E-state index contributed by atoms with van der Waals surface area (Å²) in [6.45, 7) is 9.62. The number of likely N-dealkylation sites (tertiary alicyclic amines) is 1. The molecule has 0 saturated carbocycles. The smallest absolute Gasteiger partial charge is 0.410 e. The molecule has 4 nitrogen and oxygen atoms in total. The number of carbonyl (C=O) groups excluding carboxylic acids is 1. The Morgan fingerprint density at radius 3 is 2.74 bits per heavy atom. The minimum Gasteiger partial charge on any atom is -0.444 e. The second kappa shape index (κ2) is 7.24. The molecule has 4 heteroatoms. The fourth-order valence-electron chi connectivity index (χ4n) is 2.97. The molecule has 1 aromatic rings. The molecule has 0 spiro atoms. The van der Waals surface area contributed by atoms with Crippen LogP contribution in [0, 0.1) is 0 Å². The normalized spacial score (nSPS) is 18.7. The van der Waals surface area contributed by atoms with Gasteiger partial charge in [0.15, 0.2) is 0 Å². The van der Waals surface area contributed by atoms with E-state index in [1.54, 1.807) is 0 Å². The summed E-state index contributed by atoms with van der Waals surface area (Å²) in [4.78, 5) is 16.7. The van der Waals surface area contributed by atoms with Gasteiger partial charge >= 0.3 is 6.09 Å². The summed E-state index contributed by atoms with van der Waals surface area (Å²) in [5.41, 5.74) is 1.94. The third kappa shape index (κ3) is 4.63. The summed E-state index contributed by atoms with van der Waals surface area (Å²) in [5.74, 6) is 0. The van der Waals surface area contributed by atoms with Gasteiger partial charge in [-0.15, -0.1) is 0 Å². The first-order chi connectivity index (χ1) is 10.8. The molecule has 0 bridgehead atoms. The summed E-state index contributed by atoms with van der Waals surface area (Å²) < 4.78 is 5.60. The number of anilines is 1. The summed E-state index contributed by atoms with van der Waals surface area (Å²) in [6, 6.07) is 8.65. The van der Waals surface area contributed by atoms with Crippen molar-refractivity contribution in [1.82, 2.24) is 4.90 Å². The van der Waals surface area contributed by atoms with Crippen molar-refractivity contribution in [2.24, 2.45) is 0 Å². The van der Waals surface area contributed by atoms with Gasteiger partial charge in [-0.25, -0.2) is 4.79 Å². The molecule has 1 aliphatic heterocycles. The molecule has 0 aromatic heterocycles. The van der Waals surface area contributed by atoms with Crippen LogP contribution in [0.3, 0.4) is 0 Å². The highest BCUT2D eigenvalue weighted by Crippen LogP contribution is 2.33. The molecule has 1 aromatic carbocycles. The van der Waals surface area contributed by atoms with Crippen LogP contribution in [-0.4, -0.2) is 36.7 Å². The van der Waals surface area contributed by atoms with Gasteiger partial charge < -0.3 is 14.5 Å². The van der Waals surface area contributed by atoms with E-state index in [4.69, 9.17) is 4.74 Å². The molecule has 1 atom stereocenters. The Bertz CT molecular complexity index is 536. The van der Waals surface area contributed by atoms with Gasteiger partial charge in [-0.2, -0.15) is 0 Å². The van der Waals surface area contributed by atoms with Gasteiger partial charge in [0.1, 0.15) is 5.60 Å². The van der Waals surface area contributed by atoms with Crippen molar-refractivity contribution >= 4 is 11.8 Å². The standard InChI is InChI=1S/C19H30N2O2/c1-6-20(5)16-11-9-10-15(14-16)17-12-7-8-13-21(17)18(22)23-19(2,3)4/h9-11,14,17H,6-8,12-13H2,1-5H3. The first-order valence-electron chi connectivity index (χ1n) is 8.62. The predicted octanol–water partition coefficient (Wildman–Crippen LogP) is 4.60. The maximum atomic E-state index is 12.6. The van der Waals surface area contributed by atoms with Crippen LogP contribution in [0.25, 0.3) is 0 Å². The Kier molecular flexibility index (Phi) is 5.55. The average Bonchev–Trinajstić information content (AvgIpc) is 2.52. The van der Waals surface area contributed by atoms with Gasteiger partial charge in [-0.05, 0) is 64.7 Å². The first-order valence-corrected chi connectivity index (χ1v) is 8.62. The van der Waals surface area contributed by atoms with Crippen LogP contribution in [-0.2, 0) is 4.74 Å². The number of ether oxygens (including phenoxy) is 1. The Labute approximate surface area is 140 Å². The Morgan fingerprint density at radius 1 is 1.35 bits per heavy atom. The number of hydrogen-bond acceptors (Lipinski definition) is 3. The van der Waals surface area contributed by atoms with Crippen molar-refractivity contribution < 1.29 is 9.53 Å². The lowest BCUT2D eigenvalue weighted by Crippen LogP contribution is -2.41. The molecule has 128 valence electrons. The molecule has 0 radical (unpaired) electrons. The molecule has 1 aliphatic rings. The van der Waals surface area contributed by atoms with Crippen molar-refractivity contribution in [2.75, 3.05) is 25.0 Å². The summed E-state index contributed by atoms with van der Waals surface area (Å²) in [6.07, 6.45) is 3.00. The van der Waals surface area contributed by atoms with E-state index in [0.717, 1.165) is 32.4 Å². The molecule has 0 N–H and O–H groups in total. The third-order valence-electron chi connectivity index (χ3n) is 4.30. The molecule has 1 fully saturated rings. The van der Waals surface area contributed by atoms with E-state index >= 15 is 0 Å². The minimum absolute atomic E-state index is 0.115. The van der Waals surface area contributed by atoms with E-state index in [1.165, 1.54) is 11.3 Å². The molecule has 1 amide bonds. The van der Waals surface area contributed by atoms with Gasteiger partial charge in [-0.1, -0.05) is 12.1 Å². The topological polar surface area (TPSA) is 32.8 Å². The predicted molar refractivity (Wildman–Crippen MR) is 94.9 cm³/mol. The maximum absolute atomic E-state index is 12.6. The van der Waals surface area contributed by atoms with Gasteiger partial charge in [0.2, 0.25) is 0 Å². The summed E-state index contributed by atoms with van der Waals surface area (Å²) in [5, 5.41) is 0. The van der Waals surface area contributed by atoms with E-state index < -0.39 is 5.60 Å². The first kappa shape index (κ1) is 17.6. The lowest BCUT2D eigenvalue weighted by Gasteiger charge is -2.37. The number of amides is 1. The number of piperidine rings is 1. The molecule has 23 heavy (non-hydrogen) atoms. The monoisotopic (exact) mass is 318 g/mol. The number of nitrogens with zero attached hydrogens (tertiary/aromatic N) is 2. The van der Waals surface area contributed by atoms with Crippen LogP contribution in [0.4, 0.5) is 10.5 Å². The van der Waals surface area contributed by atoms with Crippen molar-refractivity contribution in [1.29, 1.82) is 0 Å². The SMILES string of the molecule is CCN(C)c1cccc(C2CCCCN2C(=O)OC(C)(C)C)c1. The van der Waals surface area contributed by atoms with Crippen LogP contribution >= 0.6 is 0 Å². The summed E-state index contributed by atoms with van der Waals surface area (Å²) in [7, 11) is 2.09.